The van der Waals surface area contributed by atoms with Crippen LogP contribution in [0, 0.1) is 0 Å². The van der Waals surface area contributed by atoms with Gasteiger partial charge in [-0.05, 0) is 17.7 Å². The molecule has 24 heavy (non-hydrogen) atoms. The number of hydrogen-bond donors (Lipinski definition) is 3. The van der Waals surface area contributed by atoms with Crippen molar-refractivity contribution in [3.8, 4) is 0 Å². The van der Waals surface area contributed by atoms with Crippen molar-refractivity contribution in [2.75, 3.05) is 12.3 Å². The molecule has 4 N–H and O–H groups in total. The Kier molecular flexibility index (Phi) is 5.96. The molecule has 0 heterocycles. The molecule has 1 amide bonds. The van der Waals surface area contributed by atoms with Crippen molar-refractivity contribution in [3.05, 3.63) is 71.3 Å². The Balaban J connectivity index is 1.84. The predicted molar refractivity (Wildman–Crippen MR) is 91.5 cm³/mol. The predicted octanol–water partition coefficient (Wildman–Crippen LogP) is 2.91. The highest BCUT2D eigenvalue weighted by Gasteiger charge is 2.09. The minimum Gasteiger partial charge on any atom is -0.478 e. The maximum atomic E-state index is 11.6. The van der Waals surface area contributed by atoms with E-state index in [4.69, 9.17) is 15.6 Å². The first-order chi connectivity index (χ1) is 11.6. The van der Waals surface area contributed by atoms with E-state index in [9.17, 15) is 9.59 Å². The lowest BCUT2D eigenvalue weighted by molar-refractivity contribution is 0.0696. The summed E-state index contributed by atoms with van der Waals surface area (Å²) in [6, 6.07) is 14.0. The van der Waals surface area contributed by atoms with E-state index in [-0.39, 0.29) is 18.7 Å². The van der Waals surface area contributed by atoms with E-state index in [0.717, 1.165) is 5.56 Å². The molecule has 0 radical (unpaired) electrons. The fourth-order valence-corrected chi connectivity index (χ4v) is 2.05. The molecule has 0 bridgehead atoms. The van der Waals surface area contributed by atoms with E-state index in [1.165, 1.54) is 6.07 Å². The number of nitrogens with one attached hydrogen (secondary N) is 1. The summed E-state index contributed by atoms with van der Waals surface area (Å²) in [5, 5.41) is 11.7. The van der Waals surface area contributed by atoms with Crippen LogP contribution in [0.3, 0.4) is 0 Å². The van der Waals surface area contributed by atoms with Gasteiger partial charge in [0.2, 0.25) is 0 Å². The number of carboxylic acid groups (broad SMARTS) is 1. The average molecular weight is 326 g/mol. The van der Waals surface area contributed by atoms with Gasteiger partial charge in [0.1, 0.15) is 6.61 Å². The standard InChI is InChI=1S/C18H18N2O4/c19-16-10-4-8-15(17(21)22)14(16)9-5-11-20-18(23)24-12-13-6-2-1-3-7-13/h1-10H,11-12,19H2,(H,20,23)(H,21,22). The highest BCUT2D eigenvalue weighted by atomic mass is 16.5. The Hall–Kier alpha value is -3.28. The van der Waals surface area contributed by atoms with Crippen LogP contribution in [-0.2, 0) is 11.3 Å². The monoisotopic (exact) mass is 326 g/mol. The third-order valence-corrected chi connectivity index (χ3v) is 3.23. The third-order valence-electron chi connectivity index (χ3n) is 3.23. The van der Waals surface area contributed by atoms with E-state index in [1.54, 1.807) is 24.3 Å². The number of hydrogen-bond acceptors (Lipinski definition) is 4. The first-order valence-electron chi connectivity index (χ1n) is 7.31. The quantitative estimate of drug-likeness (QED) is 0.708. The number of ether oxygens (including phenoxy) is 1. The summed E-state index contributed by atoms with van der Waals surface area (Å²) in [7, 11) is 0. The second-order valence-corrected chi connectivity index (χ2v) is 4.96. The van der Waals surface area contributed by atoms with Crippen molar-refractivity contribution in [3.63, 3.8) is 0 Å². The Morgan fingerprint density at radius 1 is 1.12 bits per heavy atom. The van der Waals surface area contributed by atoms with Crippen LogP contribution in [0.5, 0.6) is 0 Å². The number of amides is 1. The molecule has 0 spiro atoms. The van der Waals surface area contributed by atoms with Gasteiger partial charge >= 0.3 is 12.1 Å². The van der Waals surface area contributed by atoms with Gasteiger partial charge in [0.05, 0.1) is 5.56 Å². The summed E-state index contributed by atoms with van der Waals surface area (Å²) in [6.07, 6.45) is 2.63. The zero-order chi connectivity index (χ0) is 17.4. The molecule has 0 atom stereocenters. The number of carbonyl (C=O) groups excluding carboxylic acids is 1. The normalized spacial score (nSPS) is 10.5. The molecule has 0 aliphatic heterocycles. The van der Waals surface area contributed by atoms with Gasteiger partial charge in [0, 0.05) is 17.8 Å². The van der Waals surface area contributed by atoms with Gasteiger partial charge in [0.25, 0.3) is 0 Å². The van der Waals surface area contributed by atoms with Crippen LogP contribution in [0.1, 0.15) is 21.5 Å². The molecule has 2 aromatic rings. The van der Waals surface area contributed by atoms with Gasteiger partial charge in [0.15, 0.2) is 0 Å². The maximum Gasteiger partial charge on any atom is 0.407 e. The number of benzene rings is 2. The minimum atomic E-state index is -1.06. The van der Waals surface area contributed by atoms with Crippen LogP contribution >= 0.6 is 0 Å². The molecule has 0 aromatic heterocycles. The number of rotatable bonds is 6. The third kappa shape index (κ3) is 4.88. The topological polar surface area (TPSA) is 102 Å². The van der Waals surface area contributed by atoms with E-state index < -0.39 is 12.1 Å². The van der Waals surface area contributed by atoms with Gasteiger partial charge in [-0.3, -0.25) is 0 Å². The van der Waals surface area contributed by atoms with E-state index in [0.29, 0.717) is 11.3 Å². The van der Waals surface area contributed by atoms with E-state index in [2.05, 4.69) is 5.32 Å². The largest absolute Gasteiger partial charge is 0.478 e. The molecule has 6 heteroatoms. The fraction of sp³-hybridized carbons (Fsp3) is 0.111. The zero-order valence-corrected chi connectivity index (χ0v) is 12.9. The summed E-state index contributed by atoms with van der Waals surface area (Å²) in [5.41, 5.74) is 7.56. The lowest BCUT2D eigenvalue weighted by atomic mass is 10.1. The molecule has 2 aromatic carbocycles. The van der Waals surface area contributed by atoms with Gasteiger partial charge in [-0.25, -0.2) is 9.59 Å². The van der Waals surface area contributed by atoms with Crippen molar-refractivity contribution in [2.45, 2.75) is 6.61 Å². The highest BCUT2D eigenvalue weighted by molar-refractivity contribution is 5.94. The van der Waals surface area contributed by atoms with Crippen LogP contribution in [0.25, 0.3) is 6.08 Å². The molecule has 6 nitrogen and oxygen atoms in total. The zero-order valence-electron chi connectivity index (χ0n) is 12.9. The number of nitrogen functional groups attached to an aromatic ring is 1. The lowest BCUT2D eigenvalue weighted by Gasteiger charge is -2.06. The SMILES string of the molecule is Nc1cccc(C(=O)O)c1C=CCNC(=O)OCc1ccccc1. The maximum absolute atomic E-state index is 11.6. The number of carbonyl (C=O) groups is 2. The summed E-state index contributed by atoms with van der Waals surface area (Å²) >= 11 is 0. The van der Waals surface area contributed by atoms with E-state index in [1.807, 2.05) is 30.3 Å². The molecule has 0 aliphatic carbocycles. The highest BCUT2D eigenvalue weighted by Crippen LogP contribution is 2.18. The van der Waals surface area contributed by atoms with Crippen LogP contribution in [0.15, 0.2) is 54.6 Å². The van der Waals surface area contributed by atoms with Gasteiger partial charge < -0.3 is 20.9 Å². The molecular formula is C18H18N2O4. The van der Waals surface area contributed by atoms with Crippen molar-refractivity contribution in [2.24, 2.45) is 0 Å². The van der Waals surface area contributed by atoms with Crippen LogP contribution in [-0.4, -0.2) is 23.7 Å². The Bertz CT molecular complexity index is 742. The summed E-state index contributed by atoms with van der Waals surface area (Å²) in [6.45, 7) is 0.381. The lowest BCUT2D eigenvalue weighted by Crippen LogP contribution is -2.24. The Morgan fingerprint density at radius 3 is 2.58 bits per heavy atom. The summed E-state index contributed by atoms with van der Waals surface area (Å²) in [4.78, 5) is 22.7. The van der Waals surface area contributed by atoms with Crippen LogP contribution < -0.4 is 11.1 Å². The van der Waals surface area contributed by atoms with Crippen molar-refractivity contribution in [1.29, 1.82) is 0 Å². The molecule has 0 aliphatic rings. The van der Waals surface area contributed by atoms with Gasteiger partial charge in [-0.15, -0.1) is 0 Å². The second kappa shape index (κ2) is 8.38. The van der Waals surface area contributed by atoms with Crippen LogP contribution in [0.2, 0.25) is 0 Å². The number of carboxylic acids is 1. The molecule has 0 unspecified atom stereocenters. The first kappa shape index (κ1) is 17.1. The van der Waals surface area contributed by atoms with Gasteiger partial charge in [-0.1, -0.05) is 48.6 Å². The number of nitrogens with two attached hydrogens (primary N) is 1. The smallest absolute Gasteiger partial charge is 0.407 e. The number of anilines is 1. The summed E-state index contributed by atoms with van der Waals surface area (Å²) in [5.74, 6) is -1.06. The van der Waals surface area contributed by atoms with Crippen molar-refractivity contribution in [1.82, 2.24) is 5.32 Å². The first-order valence-corrected chi connectivity index (χ1v) is 7.31. The number of aromatic carboxylic acids is 1. The van der Waals surface area contributed by atoms with E-state index >= 15 is 0 Å². The second-order valence-electron chi connectivity index (χ2n) is 4.96. The molecule has 0 saturated carbocycles. The molecular weight excluding hydrogens is 308 g/mol. The average Bonchev–Trinajstić information content (AvgIpc) is 2.58. The van der Waals surface area contributed by atoms with Crippen LogP contribution in [0.4, 0.5) is 10.5 Å². The molecule has 2 rings (SSSR count). The molecule has 0 saturated heterocycles. The Morgan fingerprint density at radius 2 is 1.88 bits per heavy atom. The summed E-state index contributed by atoms with van der Waals surface area (Å²) < 4.78 is 5.06. The number of alkyl carbamates (subject to hydrolysis) is 1. The van der Waals surface area contributed by atoms with Crippen molar-refractivity contribution < 1.29 is 19.4 Å². The molecule has 124 valence electrons. The minimum absolute atomic E-state index is 0.109. The van der Waals surface area contributed by atoms with Gasteiger partial charge in [-0.2, -0.15) is 0 Å². The fourth-order valence-electron chi connectivity index (χ4n) is 2.05. The molecule has 0 fully saturated rings. The van der Waals surface area contributed by atoms with Crippen molar-refractivity contribution >= 4 is 23.8 Å². The Labute approximate surface area is 139 Å².